The Morgan fingerprint density at radius 3 is 2.35 bits per heavy atom. The van der Waals surface area contributed by atoms with Crippen molar-refractivity contribution in [2.75, 3.05) is 0 Å². The number of rotatable bonds is 2. The van der Waals surface area contributed by atoms with E-state index in [0.29, 0.717) is 0 Å². The summed E-state index contributed by atoms with van der Waals surface area (Å²) in [4.78, 5) is 4.60. The topological polar surface area (TPSA) is 12.9 Å². The van der Waals surface area contributed by atoms with Gasteiger partial charge >= 0.3 is 0 Å². The van der Waals surface area contributed by atoms with Gasteiger partial charge in [-0.1, -0.05) is 61.6 Å². The van der Waals surface area contributed by atoms with Gasteiger partial charge in [-0.2, -0.15) is 0 Å². The number of hydrogen-bond donors (Lipinski definition) is 0. The van der Waals surface area contributed by atoms with Crippen LogP contribution in [-0.4, -0.2) is 13.1 Å². The molecule has 2 aromatic rings. The lowest BCUT2D eigenvalue weighted by molar-refractivity contribution is 0.600. The van der Waals surface area contributed by atoms with Crippen LogP contribution in [0.3, 0.4) is 0 Å². The van der Waals surface area contributed by atoms with Crippen LogP contribution in [-0.2, 0) is 0 Å². The van der Waals surface area contributed by atoms with Crippen molar-refractivity contribution in [3.8, 4) is 11.3 Å². The zero-order valence-corrected chi connectivity index (χ0v) is 13.4. The van der Waals surface area contributed by atoms with Gasteiger partial charge in [0.2, 0.25) is 0 Å². The minimum Gasteiger partial charge on any atom is -0.256 e. The monoisotopic (exact) mass is 282 g/mol. The van der Waals surface area contributed by atoms with Crippen molar-refractivity contribution in [2.24, 2.45) is 0 Å². The van der Waals surface area contributed by atoms with Crippen LogP contribution in [0.25, 0.3) is 11.3 Å². The van der Waals surface area contributed by atoms with Crippen molar-refractivity contribution in [1.82, 2.24) is 4.98 Å². The van der Waals surface area contributed by atoms with Gasteiger partial charge in [-0.3, -0.25) is 4.98 Å². The molecule has 3 rings (SSSR count). The van der Waals surface area contributed by atoms with Crippen LogP contribution in [0.5, 0.6) is 0 Å². The lowest BCUT2D eigenvalue weighted by Crippen LogP contribution is -2.30. The molecule has 0 aliphatic carbocycles. The van der Waals surface area contributed by atoms with E-state index in [9.17, 15) is 0 Å². The second-order valence-electron chi connectivity index (χ2n) is 6.57. The molecule has 0 N–H and O–H groups in total. The van der Waals surface area contributed by atoms with Crippen LogP contribution in [0.15, 0.2) is 48.7 Å². The third kappa shape index (κ3) is 3.01. The first kappa shape index (κ1) is 12.3. The summed E-state index contributed by atoms with van der Waals surface area (Å²) in [7, 11) is -1.02. The van der Waals surface area contributed by atoms with Crippen molar-refractivity contribution in [3.05, 3.63) is 54.2 Å². The Labute approximate surface area is 124 Å². The first-order chi connectivity index (χ1) is 9.99. The molecule has 1 saturated heterocycles. The van der Waals surface area contributed by atoms with Gasteiger partial charge in [0.25, 0.3) is 0 Å². The lowest BCUT2D eigenvalue weighted by Gasteiger charge is -2.32. The third-order valence-electron chi connectivity index (χ3n) is 4.45. The minimum atomic E-state index is -1.02. The maximum Gasteiger partial charge on any atom is 0.0702 e. The molecule has 0 amide bonds. The van der Waals surface area contributed by atoms with E-state index in [-0.39, 0.29) is 0 Å². The van der Waals surface area contributed by atoms with Crippen molar-refractivity contribution >= 4 is 8.07 Å². The van der Waals surface area contributed by atoms with Gasteiger partial charge in [0.1, 0.15) is 0 Å². The average Bonchev–Trinajstić information content (AvgIpc) is 2.52. The van der Waals surface area contributed by atoms with Gasteiger partial charge in [0.15, 0.2) is 0 Å². The van der Waals surface area contributed by atoms with Crippen LogP contribution >= 0.6 is 0 Å². The quantitative estimate of drug-likeness (QED) is 0.678. The smallest absolute Gasteiger partial charge is 0.0702 e. The highest BCUT2D eigenvalue weighted by Crippen LogP contribution is 2.38. The molecule has 0 saturated carbocycles. The van der Waals surface area contributed by atoms with Gasteiger partial charge in [0, 0.05) is 21.2 Å². The maximum absolute atomic E-state index is 8.80. The summed E-state index contributed by atoms with van der Waals surface area (Å²) >= 11 is 0. The number of benzene rings is 1. The van der Waals surface area contributed by atoms with Crippen molar-refractivity contribution in [3.63, 3.8) is 0 Å². The van der Waals surface area contributed by atoms with Gasteiger partial charge in [-0.25, -0.2) is 0 Å². The maximum atomic E-state index is 8.80. The molecule has 0 unspecified atom stereocenters. The molecular formula is C18H23NSi. The number of hydrogen-bond acceptors (Lipinski definition) is 1. The van der Waals surface area contributed by atoms with E-state index in [0.717, 1.165) is 29.7 Å². The molecule has 1 aromatic heterocycles. The molecule has 0 bridgehead atoms. The van der Waals surface area contributed by atoms with E-state index in [4.69, 9.17) is 1.37 Å². The summed E-state index contributed by atoms with van der Waals surface area (Å²) in [6.07, 6.45) is 3.92. The number of nitrogens with zero attached hydrogens (tertiary/aromatic N) is 1. The van der Waals surface area contributed by atoms with Crippen molar-refractivity contribution in [1.29, 1.82) is 0 Å². The largest absolute Gasteiger partial charge is 0.256 e. The summed E-state index contributed by atoms with van der Waals surface area (Å²) < 4.78 is 8.80. The van der Waals surface area contributed by atoms with Crippen molar-refractivity contribution in [2.45, 2.75) is 43.9 Å². The molecule has 1 aliphatic rings. The SMILES string of the molecule is [2H]C1(c2ccc(-c3ccccc3)nc2)CC[Si](C)(C)CC1. The van der Waals surface area contributed by atoms with Gasteiger partial charge < -0.3 is 0 Å². The highest BCUT2D eigenvalue weighted by Gasteiger charge is 2.29. The standard InChI is InChI=1S/C18H23NSi/c1-20(2)12-10-15(11-13-20)17-8-9-18(19-14-17)16-6-4-3-5-7-16/h3-9,14-15H,10-13H2,1-2H3/i15D. The van der Waals surface area contributed by atoms with Gasteiger partial charge in [-0.15, -0.1) is 0 Å². The molecule has 0 radical (unpaired) electrons. The number of aromatic nitrogens is 1. The molecule has 104 valence electrons. The molecule has 2 heterocycles. The summed E-state index contributed by atoms with van der Waals surface area (Å²) in [5.41, 5.74) is 3.22. The normalized spacial score (nSPS) is 21.2. The van der Waals surface area contributed by atoms with Crippen LogP contribution in [0.2, 0.25) is 25.2 Å². The Kier molecular flexibility index (Phi) is 3.41. The Balaban J connectivity index is 1.81. The predicted molar refractivity (Wildman–Crippen MR) is 88.7 cm³/mol. The summed E-state index contributed by atoms with van der Waals surface area (Å²) in [5.74, 6) is -0.412. The highest BCUT2D eigenvalue weighted by molar-refractivity contribution is 6.77. The summed E-state index contributed by atoms with van der Waals surface area (Å²) in [5, 5.41) is 0. The minimum absolute atomic E-state index is 0.412. The van der Waals surface area contributed by atoms with E-state index >= 15 is 0 Å². The fraction of sp³-hybridized carbons (Fsp3) is 0.389. The fourth-order valence-corrected chi connectivity index (χ4v) is 5.11. The molecule has 2 heteroatoms. The summed E-state index contributed by atoms with van der Waals surface area (Å²) in [6, 6.07) is 16.9. The lowest BCUT2D eigenvalue weighted by atomic mass is 9.94. The third-order valence-corrected chi connectivity index (χ3v) is 7.66. The Morgan fingerprint density at radius 1 is 1.05 bits per heavy atom. The first-order valence-corrected chi connectivity index (χ1v) is 10.9. The highest BCUT2D eigenvalue weighted by atomic mass is 28.3. The molecule has 1 aromatic carbocycles. The Morgan fingerprint density at radius 2 is 1.75 bits per heavy atom. The molecule has 1 fully saturated rings. The van der Waals surface area contributed by atoms with E-state index in [2.05, 4.69) is 42.3 Å². The second kappa shape index (κ2) is 5.53. The van der Waals surface area contributed by atoms with E-state index in [1.165, 1.54) is 12.1 Å². The molecule has 1 aliphatic heterocycles. The average molecular weight is 282 g/mol. The summed E-state index contributed by atoms with van der Waals surface area (Å²) in [6.45, 7) is 4.90. The molecule has 0 spiro atoms. The van der Waals surface area contributed by atoms with Crippen LogP contribution in [0.1, 0.15) is 25.7 Å². The molecular weight excluding hydrogens is 258 g/mol. The number of pyridine rings is 1. The Hall–Kier alpha value is -1.41. The molecule has 1 nitrogen and oxygen atoms in total. The molecule has 0 atom stereocenters. The first-order valence-electron chi connectivity index (χ1n) is 8.01. The zero-order valence-electron chi connectivity index (χ0n) is 13.4. The Bertz CT molecular complexity index is 597. The van der Waals surface area contributed by atoms with Crippen molar-refractivity contribution < 1.29 is 1.37 Å². The fourth-order valence-electron chi connectivity index (χ4n) is 2.90. The van der Waals surface area contributed by atoms with Crippen LogP contribution < -0.4 is 0 Å². The van der Waals surface area contributed by atoms with Gasteiger partial charge in [0.05, 0.1) is 5.69 Å². The van der Waals surface area contributed by atoms with Crippen LogP contribution in [0, 0.1) is 0 Å². The second-order valence-corrected chi connectivity index (χ2v) is 11.9. The van der Waals surface area contributed by atoms with E-state index in [1.807, 2.05) is 24.4 Å². The zero-order chi connectivity index (χ0) is 14.9. The van der Waals surface area contributed by atoms with Gasteiger partial charge in [-0.05, 0) is 30.4 Å². The van der Waals surface area contributed by atoms with Crippen LogP contribution in [0.4, 0.5) is 0 Å². The molecule has 20 heavy (non-hydrogen) atoms. The van der Waals surface area contributed by atoms with E-state index < -0.39 is 14.0 Å². The predicted octanol–water partition coefficient (Wildman–Crippen LogP) is 5.33. The van der Waals surface area contributed by atoms with E-state index in [1.54, 1.807) is 0 Å².